The van der Waals surface area contributed by atoms with Crippen LogP contribution in [0.15, 0.2) is 30.3 Å². The monoisotopic (exact) mass is 478 g/mol. The van der Waals surface area contributed by atoms with Crippen molar-refractivity contribution in [3.63, 3.8) is 0 Å². The van der Waals surface area contributed by atoms with Crippen molar-refractivity contribution in [1.29, 1.82) is 0 Å². The van der Waals surface area contributed by atoms with Gasteiger partial charge >= 0.3 is 0 Å². The molecule has 5 nitrogen and oxygen atoms in total. The molecule has 2 aromatic rings. The largest absolute Gasteiger partial charge is 0.483 e. The summed E-state index contributed by atoms with van der Waals surface area (Å²) in [6, 6.07) is 8.51. The first-order chi connectivity index (χ1) is 15.1. The number of hydrogen-bond acceptors (Lipinski definition) is 3. The SMILES string of the molecule is CCCCNC(=O)C(C)N(Cc1ccc(Cl)c(Cl)c1)C(=O)COc1cc(C)cc(C)c1C. The van der Waals surface area contributed by atoms with Crippen LogP contribution in [-0.4, -0.2) is 35.9 Å². The van der Waals surface area contributed by atoms with Gasteiger partial charge in [0.15, 0.2) is 6.61 Å². The summed E-state index contributed by atoms with van der Waals surface area (Å²) in [6.07, 6.45) is 1.86. The highest BCUT2D eigenvalue weighted by atomic mass is 35.5. The van der Waals surface area contributed by atoms with Crippen LogP contribution < -0.4 is 10.1 Å². The molecule has 0 aliphatic heterocycles. The number of carbonyl (C=O) groups is 2. The van der Waals surface area contributed by atoms with Crippen LogP contribution in [0.3, 0.4) is 0 Å². The number of aryl methyl sites for hydroxylation is 2. The number of nitrogens with one attached hydrogen (secondary N) is 1. The Hall–Kier alpha value is -2.24. The van der Waals surface area contributed by atoms with Crippen molar-refractivity contribution in [1.82, 2.24) is 10.2 Å². The molecule has 0 radical (unpaired) electrons. The van der Waals surface area contributed by atoms with E-state index in [9.17, 15) is 9.59 Å². The fourth-order valence-corrected chi connectivity index (χ4v) is 3.65. The van der Waals surface area contributed by atoms with E-state index in [-0.39, 0.29) is 25.0 Å². The lowest BCUT2D eigenvalue weighted by Crippen LogP contribution is -2.49. The third-order valence-electron chi connectivity index (χ3n) is 5.45. The maximum atomic E-state index is 13.2. The van der Waals surface area contributed by atoms with Crippen molar-refractivity contribution in [2.75, 3.05) is 13.2 Å². The van der Waals surface area contributed by atoms with Gasteiger partial charge in [0.25, 0.3) is 5.91 Å². The highest BCUT2D eigenvalue weighted by Gasteiger charge is 2.26. The van der Waals surface area contributed by atoms with Crippen LogP contribution in [0.2, 0.25) is 10.0 Å². The molecule has 1 atom stereocenters. The van der Waals surface area contributed by atoms with E-state index < -0.39 is 6.04 Å². The van der Waals surface area contributed by atoms with Crippen LogP contribution in [0.4, 0.5) is 0 Å². The first-order valence-corrected chi connectivity index (χ1v) is 11.6. The number of benzene rings is 2. The minimum atomic E-state index is -0.669. The van der Waals surface area contributed by atoms with Gasteiger partial charge in [-0.05, 0) is 74.6 Å². The van der Waals surface area contributed by atoms with E-state index in [2.05, 4.69) is 18.3 Å². The predicted molar refractivity (Wildman–Crippen MR) is 131 cm³/mol. The third-order valence-corrected chi connectivity index (χ3v) is 6.19. The number of carbonyl (C=O) groups excluding carboxylic acids is 2. The van der Waals surface area contributed by atoms with Crippen LogP contribution in [0, 0.1) is 20.8 Å². The van der Waals surface area contributed by atoms with Gasteiger partial charge in [0.2, 0.25) is 5.91 Å². The maximum Gasteiger partial charge on any atom is 0.261 e. The summed E-state index contributed by atoms with van der Waals surface area (Å²) in [7, 11) is 0. The van der Waals surface area contributed by atoms with Gasteiger partial charge in [-0.15, -0.1) is 0 Å². The smallest absolute Gasteiger partial charge is 0.261 e. The molecule has 0 fully saturated rings. The Balaban J connectivity index is 2.21. The van der Waals surface area contributed by atoms with Gasteiger partial charge in [0.05, 0.1) is 10.0 Å². The number of unbranched alkanes of at least 4 members (excludes halogenated alkanes) is 1. The molecular weight excluding hydrogens is 447 g/mol. The van der Waals surface area contributed by atoms with Crippen LogP contribution in [-0.2, 0) is 16.1 Å². The average Bonchev–Trinajstić information content (AvgIpc) is 2.75. The van der Waals surface area contributed by atoms with E-state index in [1.807, 2.05) is 26.8 Å². The van der Waals surface area contributed by atoms with Gasteiger partial charge in [0, 0.05) is 13.1 Å². The quantitative estimate of drug-likeness (QED) is 0.450. The molecule has 0 aliphatic rings. The summed E-state index contributed by atoms with van der Waals surface area (Å²) >= 11 is 12.2. The van der Waals surface area contributed by atoms with E-state index in [1.54, 1.807) is 25.1 Å². The average molecular weight is 479 g/mol. The van der Waals surface area contributed by atoms with Crippen molar-refractivity contribution in [2.45, 2.75) is 60.0 Å². The van der Waals surface area contributed by atoms with Gasteiger partial charge in [-0.2, -0.15) is 0 Å². The molecule has 0 aromatic heterocycles. The predicted octanol–water partition coefficient (Wildman–Crippen LogP) is 5.63. The summed E-state index contributed by atoms with van der Waals surface area (Å²) in [4.78, 5) is 27.4. The zero-order valence-corrected chi connectivity index (χ0v) is 20.9. The molecular formula is C25H32Cl2N2O3. The van der Waals surface area contributed by atoms with Crippen LogP contribution in [0.1, 0.15) is 48.9 Å². The highest BCUT2D eigenvalue weighted by molar-refractivity contribution is 6.42. The molecule has 1 N–H and O–H groups in total. The van der Waals surface area contributed by atoms with Gasteiger partial charge in [-0.3, -0.25) is 9.59 Å². The lowest BCUT2D eigenvalue weighted by atomic mass is 10.1. The van der Waals surface area contributed by atoms with E-state index in [0.717, 1.165) is 35.1 Å². The number of hydrogen-bond donors (Lipinski definition) is 1. The van der Waals surface area contributed by atoms with Crippen molar-refractivity contribution in [3.8, 4) is 5.75 Å². The van der Waals surface area contributed by atoms with E-state index in [1.165, 1.54) is 4.90 Å². The lowest BCUT2D eigenvalue weighted by molar-refractivity contribution is -0.142. The summed E-state index contributed by atoms with van der Waals surface area (Å²) in [5.74, 6) is 0.188. The molecule has 0 bridgehead atoms. The highest BCUT2D eigenvalue weighted by Crippen LogP contribution is 2.25. The van der Waals surface area contributed by atoms with E-state index in [0.29, 0.717) is 22.3 Å². The maximum absolute atomic E-state index is 13.2. The Morgan fingerprint density at radius 2 is 1.81 bits per heavy atom. The Bertz CT molecular complexity index is 962. The summed E-state index contributed by atoms with van der Waals surface area (Å²) in [5.41, 5.74) is 3.93. The molecule has 2 aromatic carbocycles. The second-order valence-corrected chi connectivity index (χ2v) is 8.90. The zero-order chi connectivity index (χ0) is 23.8. The molecule has 0 heterocycles. The lowest BCUT2D eigenvalue weighted by Gasteiger charge is -2.29. The molecule has 0 saturated carbocycles. The normalized spacial score (nSPS) is 11.7. The second-order valence-electron chi connectivity index (χ2n) is 8.08. The minimum Gasteiger partial charge on any atom is -0.483 e. The zero-order valence-electron chi connectivity index (χ0n) is 19.4. The van der Waals surface area contributed by atoms with Crippen molar-refractivity contribution in [2.24, 2.45) is 0 Å². The van der Waals surface area contributed by atoms with Crippen LogP contribution >= 0.6 is 23.2 Å². The Morgan fingerprint density at radius 1 is 1.09 bits per heavy atom. The fourth-order valence-electron chi connectivity index (χ4n) is 3.33. The minimum absolute atomic E-state index is 0.169. The number of rotatable bonds is 10. The number of nitrogens with zero attached hydrogens (tertiary/aromatic N) is 1. The number of halogens is 2. The Kier molecular flexibility index (Phi) is 9.85. The topological polar surface area (TPSA) is 58.6 Å². The summed E-state index contributed by atoms with van der Waals surface area (Å²) in [5, 5.41) is 3.74. The number of ether oxygens (including phenoxy) is 1. The van der Waals surface area contributed by atoms with Gasteiger partial charge in [-0.1, -0.05) is 48.7 Å². The molecule has 0 aliphatic carbocycles. The van der Waals surface area contributed by atoms with Crippen LogP contribution in [0.25, 0.3) is 0 Å². The van der Waals surface area contributed by atoms with Crippen molar-refractivity contribution in [3.05, 3.63) is 62.6 Å². The first kappa shape index (κ1) is 26.0. The Morgan fingerprint density at radius 3 is 2.47 bits per heavy atom. The molecule has 7 heteroatoms. The van der Waals surface area contributed by atoms with Gasteiger partial charge < -0.3 is 15.0 Å². The summed E-state index contributed by atoms with van der Waals surface area (Å²) in [6.45, 7) is 10.4. The van der Waals surface area contributed by atoms with E-state index in [4.69, 9.17) is 27.9 Å². The number of amides is 2. The van der Waals surface area contributed by atoms with Crippen molar-refractivity contribution >= 4 is 35.0 Å². The molecule has 0 saturated heterocycles. The molecule has 174 valence electrons. The third kappa shape index (κ3) is 7.14. The van der Waals surface area contributed by atoms with Gasteiger partial charge in [0.1, 0.15) is 11.8 Å². The second kappa shape index (κ2) is 12.1. The first-order valence-electron chi connectivity index (χ1n) is 10.9. The Labute approximate surface area is 201 Å². The molecule has 1 unspecified atom stereocenters. The van der Waals surface area contributed by atoms with Crippen molar-refractivity contribution < 1.29 is 14.3 Å². The molecule has 0 spiro atoms. The molecule has 32 heavy (non-hydrogen) atoms. The summed E-state index contributed by atoms with van der Waals surface area (Å²) < 4.78 is 5.88. The fraction of sp³-hybridized carbons (Fsp3) is 0.440. The van der Waals surface area contributed by atoms with Crippen LogP contribution in [0.5, 0.6) is 5.75 Å². The van der Waals surface area contributed by atoms with E-state index >= 15 is 0 Å². The molecule has 2 rings (SSSR count). The molecule has 2 amide bonds. The van der Waals surface area contributed by atoms with Gasteiger partial charge in [-0.25, -0.2) is 0 Å². The standard InChI is InChI=1S/C25H32Cl2N2O3/c1-6-7-10-28-25(31)19(5)29(14-20-8-9-21(26)22(27)13-20)24(30)15-32-23-12-16(2)11-17(3)18(23)4/h8-9,11-13,19H,6-7,10,14-15H2,1-5H3,(H,28,31).